The third-order valence-electron chi connectivity index (χ3n) is 3.35. The topological polar surface area (TPSA) is 71.5 Å². The number of nitrogens with zero attached hydrogens (tertiary/aromatic N) is 2. The lowest BCUT2D eigenvalue weighted by Gasteiger charge is -2.31. The third kappa shape index (κ3) is 3.05. The monoisotopic (exact) mass is 285 g/mol. The van der Waals surface area contributed by atoms with E-state index in [1.54, 1.807) is 6.07 Å². The maximum absolute atomic E-state index is 12.5. The molecule has 19 heavy (non-hydrogen) atoms. The molecule has 0 amide bonds. The Hall–Kier alpha value is -1.18. The SMILES string of the molecule is CNC1CCCN(S(=O)(=O)c2ccc(OC)nc2)C1. The molecule has 1 atom stereocenters. The van der Waals surface area contributed by atoms with Crippen LogP contribution in [0, 0.1) is 0 Å². The molecule has 0 saturated carbocycles. The molecule has 1 fully saturated rings. The number of hydrogen-bond donors (Lipinski definition) is 1. The molecule has 1 aromatic heterocycles. The maximum atomic E-state index is 12.5. The summed E-state index contributed by atoms with van der Waals surface area (Å²) in [5, 5.41) is 3.13. The molecule has 106 valence electrons. The van der Waals surface area contributed by atoms with Gasteiger partial charge in [-0.3, -0.25) is 0 Å². The van der Waals surface area contributed by atoms with Crippen LogP contribution in [0.2, 0.25) is 0 Å². The number of piperidine rings is 1. The molecule has 1 N–H and O–H groups in total. The van der Waals surface area contributed by atoms with Crippen LogP contribution in [-0.2, 0) is 10.0 Å². The first-order valence-corrected chi connectivity index (χ1v) is 7.69. The average Bonchev–Trinajstić information content (AvgIpc) is 2.47. The molecule has 2 heterocycles. The lowest BCUT2D eigenvalue weighted by molar-refractivity contribution is 0.292. The van der Waals surface area contributed by atoms with Crippen molar-refractivity contribution in [3.05, 3.63) is 18.3 Å². The van der Waals surface area contributed by atoms with Gasteiger partial charge in [0, 0.05) is 25.2 Å². The quantitative estimate of drug-likeness (QED) is 0.870. The Labute approximate surface area is 113 Å². The molecule has 0 spiro atoms. The largest absolute Gasteiger partial charge is 0.481 e. The summed E-state index contributed by atoms with van der Waals surface area (Å²) in [6.45, 7) is 1.07. The zero-order valence-electron chi connectivity index (χ0n) is 11.2. The number of hydrogen-bond acceptors (Lipinski definition) is 5. The Bertz CT molecular complexity index is 516. The average molecular weight is 285 g/mol. The van der Waals surface area contributed by atoms with Gasteiger partial charge in [0.15, 0.2) is 0 Å². The minimum Gasteiger partial charge on any atom is -0.481 e. The molecule has 0 aliphatic carbocycles. The standard InChI is InChI=1S/C12H19N3O3S/c1-13-10-4-3-7-15(9-10)19(16,17)11-5-6-12(18-2)14-8-11/h5-6,8,10,13H,3-4,7,9H2,1-2H3. The van der Waals surface area contributed by atoms with Crippen LogP contribution in [0.5, 0.6) is 5.88 Å². The fraction of sp³-hybridized carbons (Fsp3) is 0.583. The van der Waals surface area contributed by atoms with E-state index in [0.717, 1.165) is 12.8 Å². The lowest BCUT2D eigenvalue weighted by Crippen LogP contribution is -2.46. The molecule has 2 rings (SSSR count). The Balaban J connectivity index is 2.20. The third-order valence-corrected chi connectivity index (χ3v) is 5.20. The molecule has 1 aliphatic heterocycles. The van der Waals surface area contributed by atoms with E-state index in [1.165, 1.54) is 23.7 Å². The Morgan fingerprint density at radius 2 is 2.26 bits per heavy atom. The van der Waals surface area contributed by atoms with Gasteiger partial charge in [-0.25, -0.2) is 13.4 Å². The molecule has 0 radical (unpaired) electrons. The predicted molar refractivity (Wildman–Crippen MR) is 71.6 cm³/mol. The van der Waals surface area contributed by atoms with Crippen molar-refractivity contribution < 1.29 is 13.2 Å². The first kappa shape index (κ1) is 14.2. The molecule has 0 aromatic carbocycles. The fourth-order valence-corrected chi connectivity index (χ4v) is 3.66. The molecule has 7 heteroatoms. The van der Waals surface area contributed by atoms with Crippen molar-refractivity contribution in [1.82, 2.24) is 14.6 Å². The van der Waals surface area contributed by atoms with Crippen LogP contribution in [0.15, 0.2) is 23.2 Å². The van der Waals surface area contributed by atoms with Crippen LogP contribution in [0.1, 0.15) is 12.8 Å². The molecule has 1 unspecified atom stereocenters. The normalized spacial score (nSPS) is 21.3. The van der Waals surface area contributed by atoms with Crippen LogP contribution in [0.25, 0.3) is 0 Å². The molecular formula is C12H19N3O3S. The van der Waals surface area contributed by atoms with Crippen molar-refractivity contribution in [3.8, 4) is 5.88 Å². The van der Waals surface area contributed by atoms with Crippen molar-refractivity contribution in [1.29, 1.82) is 0 Å². The van der Waals surface area contributed by atoms with Crippen LogP contribution in [-0.4, -0.2) is 51.0 Å². The van der Waals surface area contributed by atoms with E-state index in [-0.39, 0.29) is 10.9 Å². The van der Waals surface area contributed by atoms with Gasteiger partial charge in [-0.05, 0) is 26.0 Å². The highest BCUT2D eigenvalue weighted by Gasteiger charge is 2.29. The zero-order chi connectivity index (χ0) is 13.9. The second-order valence-corrected chi connectivity index (χ2v) is 6.47. The molecule has 6 nitrogen and oxygen atoms in total. The number of methoxy groups -OCH3 is 1. The zero-order valence-corrected chi connectivity index (χ0v) is 12.0. The number of ether oxygens (including phenoxy) is 1. The van der Waals surface area contributed by atoms with E-state index in [1.807, 2.05) is 7.05 Å². The minimum absolute atomic E-state index is 0.213. The molecular weight excluding hydrogens is 266 g/mol. The van der Waals surface area contributed by atoms with Crippen LogP contribution < -0.4 is 10.1 Å². The van der Waals surface area contributed by atoms with Gasteiger partial charge < -0.3 is 10.1 Å². The lowest BCUT2D eigenvalue weighted by atomic mass is 10.1. The first-order chi connectivity index (χ1) is 9.07. The van der Waals surface area contributed by atoms with Gasteiger partial charge >= 0.3 is 0 Å². The van der Waals surface area contributed by atoms with Crippen LogP contribution >= 0.6 is 0 Å². The van der Waals surface area contributed by atoms with Crippen molar-refractivity contribution >= 4 is 10.0 Å². The minimum atomic E-state index is -3.45. The summed E-state index contributed by atoms with van der Waals surface area (Å²) in [5.74, 6) is 0.408. The summed E-state index contributed by atoms with van der Waals surface area (Å²) in [6, 6.07) is 3.31. The van der Waals surface area contributed by atoms with E-state index in [0.29, 0.717) is 19.0 Å². The molecule has 1 saturated heterocycles. The van der Waals surface area contributed by atoms with E-state index >= 15 is 0 Å². The van der Waals surface area contributed by atoms with E-state index in [4.69, 9.17) is 4.74 Å². The van der Waals surface area contributed by atoms with Crippen molar-refractivity contribution in [2.75, 3.05) is 27.2 Å². The summed E-state index contributed by atoms with van der Waals surface area (Å²) in [5.41, 5.74) is 0. The van der Waals surface area contributed by atoms with E-state index in [2.05, 4.69) is 10.3 Å². The fourth-order valence-electron chi connectivity index (χ4n) is 2.19. The Kier molecular flexibility index (Phi) is 4.38. The van der Waals surface area contributed by atoms with Gasteiger partial charge in [-0.15, -0.1) is 0 Å². The van der Waals surface area contributed by atoms with Gasteiger partial charge in [0.25, 0.3) is 0 Å². The van der Waals surface area contributed by atoms with Gasteiger partial charge in [-0.2, -0.15) is 4.31 Å². The summed E-state index contributed by atoms with van der Waals surface area (Å²) in [4.78, 5) is 4.17. The number of pyridine rings is 1. The summed E-state index contributed by atoms with van der Waals surface area (Å²) < 4.78 is 31.4. The predicted octanol–water partition coefficient (Wildman–Crippen LogP) is 0.463. The second-order valence-electron chi connectivity index (χ2n) is 4.53. The van der Waals surface area contributed by atoms with E-state index < -0.39 is 10.0 Å². The van der Waals surface area contributed by atoms with Crippen molar-refractivity contribution in [2.45, 2.75) is 23.8 Å². The summed E-state index contributed by atoms with van der Waals surface area (Å²) in [7, 11) is -0.0992. The van der Waals surface area contributed by atoms with Crippen LogP contribution in [0.3, 0.4) is 0 Å². The number of rotatable bonds is 4. The van der Waals surface area contributed by atoms with Crippen molar-refractivity contribution in [2.24, 2.45) is 0 Å². The van der Waals surface area contributed by atoms with Crippen molar-refractivity contribution in [3.63, 3.8) is 0 Å². The van der Waals surface area contributed by atoms with Gasteiger partial charge in [0.1, 0.15) is 4.90 Å². The second kappa shape index (κ2) is 5.85. The maximum Gasteiger partial charge on any atom is 0.244 e. The summed E-state index contributed by atoms with van der Waals surface area (Å²) >= 11 is 0. The van der Waals surface area contributed by atoms with Gasteiger partial charge in [0.2, 0.25) is 15.9 Å². The Morgan fingerprint density at radius 1 is 1.47 bits per heavy atom. The van der Waals surface area contributed by atoms with Gasteiger partial charge in [-0.1, -0.05) is 0 Å². The summed E-state index contributed by atoms with van der Waals surface area (Å²) in [6.07, 6.45) is 3.22. The highest BCUT2D eigenvalue weighted by Crippen LogP contribution is 2.21. The first-order valence-electron chi connectivity index (χ1n) is 6.25. The Morgan fingerprint density at radius 3 is 2.84 bits per heavy atom. The van der Waals surface area contributed by atoms with Crippen LogP contribution in [0.4, 0.5) is 0 Å². The smallest absolute Gasteiger partial charge is 0.244 e. The molecule has 1 aliphatic rings. The molecule has 1 aromatic rings. The number of sulfonamides is 1. The number of nitrogens with one attached hydrogen (secondary N) is 1. The number of likely N-dealkylation sites (N-methyl/N-ethyl adjacent to an activating group) is 1. The van der Waals surface area contributed by atoms with E-state index in [9.17, 15) is 8.42 Å². The molecule has 0 bridgehead atoms. The number of aromatic nitrogens is 1. The highest BCUT2D eigenvalue weighted by atomic mass is 32.2. The highest BCUT2D eigenvalue weighted by molar-refractivity contribution is 7.89. The van der Waals surface area contributed by atoms with Gasteiger partial charge in [0.05, 0.1) is 13.3 Å².